The maximum Gasteiger partial charge on any atom is 0.0426 e. The zero-order chi connectivity index (χ0) is 13.1. The highest BCUT2D eigenvalue weighted by molar-refractivity contribution is 9.10. The first-order valence-corrected chi connectivity index (χ1v) is 6.67. The molecule has 0 spiro atoms. The molecule has 2 nitrogen and oxygen atoms in total. The zero-order valence-corrected chi connectivity index (χ0v) is 12.2. The number of benzene rings is 2. The molecular formula is C15H17BrN2. The number of halogens is 1. The number of aryl methyl sites for hydroxylation is 1. The molecule has 0 heterocycles. The van der Waals surface area contributed by atoms with Crippen LogP contribution in [0.25, 0.3) is 0 Å². The number of anilines is 2. The molecule has 0 aliphatic heterocycles. The molecule has 0 unspecified atom stereocenters. The number of nitrogens with zero attached hydrogens (tertiary/aromatic N) is 1. The van der Waals surface area contributed by atoms with Crippen molar-refractivity contribution >= 4 is 27.3 Å². The molecule has 94 valence electrons. The van der Waals surface area contributed by atoms with Gasteiger partial charge in [0.15, 0.2) is 0 Å². The van der Waals surface area contributed by atoms with Crippen molar-refractivity contribution in [3.63, 3.8) is 0 Å². The van der Waals surface area contributed by atoms with Gasteiger partial charge in [0.05, 0.1) is 0 Å². The topological polar surface area (TPSA) is 29.3 Å². The van der Waals surface area contributed by atoms with Gasteiger partial charge in [0.1, 0.15) is 0 Å². The van der Waals surface area contributed by atoms with Crippen LogP contribution in [0.15, 0.2) is 46.9 Å². The predicted molar refractivity (Wildman–Crippen MR) is 81.8 cm³/mol. The Kier molecular flexibility index (Phi) is 3.92. The molecule has 0 aliphatic carbocycles. The van der Waals surface area contributed by atoms with Crippen molar-refractivity contribution in [3.05, 3.63) is 58.1 Å². The molecule has 0 saturated heterocycles. The van der Waals surface area contributed by atoms with Gasteiger partial charge in [0.25, 0.3) is 0 Å². The first kappa shape index (κ1) is 13.0. The van der Waals surface area contributed by atoms with Crippen LogP contribution in [0.5, 0.6) is 0 Å². The fourth-order valence-corrected chi connectivity index (χ4v) is 2.32. The fraction of sp³-hybridized carbons (Fsp3) is 0.200. The molecule has 0 radical (unpaired) electrons. The van der Waals surface area contributed by atoms with E-state index in [-0.39, 0.29) is 0 Å². The first-order chi connectivity index (χ1) is 8.56. The standard InChI is InChI=1S/C15H17BrN2/c1-11-9-14(17)7-8-15(11)18(2)10-12-3-5-13(16)6-4-12/h3-9H,10,17H2,1-2H3. The second-order valence-electron chi connectivity index (χ2n) is 4.53. The van der Waals surface area contributed by atoms with Gasteiger partial charge < -0.3 is 10.6 Å². The molecule has 0 aliphatic rings. The van der Waals surface area contributed by atoms with E-state index in [4.69, 9.17) is 5.73 Å². The molecule has 0 fully saturated rings. The third-order valence-electron chi connectivity index (χ3n) is 2.97. The van der Waals surface area contributed by atoms with Crippen LogP contribution < -0.4 is 10.6 Å². The van der Waals surface area contributed by atoms with E-state index in [0.717, 1.165) is 16.7 Å². The third-order valence-corrected chi connectivity index (χ3v) is 3.49. The van der Waals surface area contributed by atoms with Crippen molar-refractivity contribution in [1.82, 2.24) is 0 Å². The summed E-state index contributed by atoms with van der Waals surface area (Å²) in [6.07, 6.45) is 0. The van der Waals surface area contributed by atoms with Crippen molar-refractivity contribution in [2.24, 2.45) is 0 Å². The largest absolute Gasteiger partial charge is 0.399 e. The van der Waals surface area contributed by atoms with Crippen molar-refractivity contribution < 1.29 is 0 Å². The van der Waals surface area contributed by atoms with E-state index in [1.807, 2.05) is 12.1 Å². The number of nitrogen functional groups attached to an aromatic ring is 1. The Morgan fingerprint density at radius 3 is 2.39 bits per heavy atom. The Morgan fingerprint density at radius 1 is 1.11 bits per heavy atom. The monoisotopic (exact) mass is 304 g/mol. The lowest BCUT2D eigenvalue weighted by atomic mass is 10.1. The average molecular weight is 305 g/mol. The van der Waals surface area contributed by atoms with E-state index in [9.17, 15) is 0 Å². The molecule has 3 heteroatoms. The number of nitrogens with two attached hydrogens (primary N) is 1. The second kappa shape index (κ2) is 5.44. The lowest BCUT2D eigenvalue weighted by molar-refractivity contribution is 0.917. The van der Waals surface area contributed by atoms with Gasteiger partial charge in [-0.25, -0.2) is 0 Å². The summed E-state index contributed by atoms with van der Waals surface area (Å²) in [6.45, 7) is 2.97. The van der Waals surface area contributed by atoms with Crippen molar-refractivity contribution in [2.75, 3.05) is 17.7 Å². The van der Waals surface area contributed by atoms with E-state index < -0.39 is 0 Å². The summed E-state index contributed by atoms with van der Waals surface area (Å²) in [7, 11) is 2.10. The smallest absolute Gasteiger partial charge is 0.0426 e. The van der Waals surface area contributed by atoms with Crippen molar-refractivity contribution in [2.45, 2.75) is 13.5 Å². The molecule has 2 aromatic carbocycles. The summed E-state index contributed by atoms with van der Waals surface area (Å²) in [5.74, 6) is 0. The lowest BCUT2D eigenvalue weighted by Crippen LogP contribution is -2.17. The van der Waals surface area contributed by atoms with Crippen LogP contribution in [0.2, 0.25) is 0 Å². The highest BCUT2D eigenvalue weighted by Gasteiger charge is 2.05. The summed E-state index contributed by atoms with van der Waals surface area (Å²) < 4.78 is 1.11. The third kappa shape index (κ3) is 3.05. The quantitative estimate of drug-likeness (QED) is 0.869. The van der Waals surface area contributed by atoms with E-state index in [2.05, 4.69) is 65.1 Å². The van der Waals surface area contributed by atoms with Crippen molar-refractivity contribution in [1.29, 1.82) is 0 Å². The fourth-order valence-electron chi connectivity index (χ4n) is 2.06. The Labute approximate surface area is 117 Å². The van der Waals surface area contributed by atoms with Gasteiger partial charge in [-0.05, 0) is 48.4 Å². The van der Waals surface area contributed by atoms with Gasteiger partial charge in [-0.15, -0.1) is 0 Å². The van der Waals surface area contributed by atoms with Crippen LogP contribution >= 0.6 is 15.9 Å². The summed E-state index contributed by atoms with van der Waals surface area (Å²) >= 11 is 3.45. The summed E-state index contributed by atoms with van der Waals surface area (Å²) in [5.41, 5.74) is 10.3. The molecular weight excluding hydrogens is 288 g/mol. The summed E-state index contributed by atoms with van der Waals surface area (Å²) in [6, 6.07) is 14.4. The van der Waals surface area contributed by atoms with E-state index in [1.54, 1.807) is 0 Å². The molecule has 18 heavy (non-hydrogen) atoms. The zero-order valence-electron chi connectivity index (χ0n) is 10.7. The van der Waals surface area contributed by atoms with E-state index >= 15 is 0 Å². The first-order valence-electron chi connectivity index (χ1n) is 5.88. The van der Waals surface area contributed by atoms with Gasteiger partial charge in [0, 0.05) is 29.4 Å². The highest BCUT2D eigenvalue weighted by Crippen LogP contribution is 2.23. The molecule has 2 aromatic rings. The normalized spacial score (nSPS) is 10.4. The van der Waals surface area contributed by atoms with Crippen LogP contribution in [-0.4, -0.2) is 7.05 Å². The van der Waals surface area contributed by atoms with Crippen LogP contribution in [0, 0.1) is 6.92 Å². The van der Waals surface area contributed by atoms with Crippen LogP contribution in [0.1, 0.15) is 11.1 Å². The summed E-state index contributed by atoms with van der Waals surface area (Å²) in [4.78, 5) is 2.23. The van der Waals surface area contributed by atoms with Gasteiger partial charge in [-0.2, -0.15) is 0 Å². The molecule has 2 rings (SSSR count). The van der Waals surface area contributed by atoms with Gasteiger partial charge in [-0.1, -0.05) is 28.1 Å². The van der Waals surface area contributed by atoms with Gasteiger partial charge in [-0.3, -0.25) is 0 Å². The van der Waals surface area contributed by atoms with Crippen LogP contribution in [-0.2, 0) is 6.54 Å². The Bertz CT molecular complexity index is 535. The van der Waals surface area contributed by atoms with Crippen molar-refractivity contribution in [3.8, 4) is 0 Å². The minimum absolute atomic E-state index is 0.813. The minimum atomic E-state index is 0.813. The Morgan fingerprint density at radius 2 is 1.78 bits per heavy atom. The van der Waals surface area contributed by atoms with Crippen LogP contribution in [0.3, 0.4) is 0 Å². The maximum atomic E-state index is 5.77. The number of hydrogen-bond donors (Lipinski definition) is 1. The number of rotatable bonds is 3. The lowest BCUT2D eigenvalue weighted by Gasteiger charge is -2.22. The maximum absolute atomic E-state index is 5.77. The van der Waals surface area contributed by atoms with E-state index in [1.165, 1.54) is 16.8 Å². The molecule has 0 amide bonds. The predicted octanol–water partition coefficient (Wildman–Crippen LogP) is 3.98. The Balaban J connectivity index is 2.16. The molecule has 0 atom stereocenters. The summed E-state index contributed by atoms with van der Waals surface area (Å²) in [5, 5.41) is 0. The minimum Gasteiger partial charge on any atom is -0.399 e. The highest BCUT2D eigenvalue weighted by atomic mass is 79.9. The number of hydrogen-bond acceptors (Lipinski definition) is 2. The average Bonchev–Trinajstić information content (AvgIpc) is 2.32. The molecule has 2 N–H and O–H groups in total. The van der Waals surface area contributed by atoms with Gasteiger partial charge in [0.2, 0.25) is 0 Å². The SMILES string of the molecule is Cc1cc(N)ccc1N(C)Cc1ccc(Br)cc1. The van der Waals surface area contributed by atoms with Crippen LogP contribution in [0.4, 0.5) is 11.4 Å². The van der Waals surface area contributed by atoms with Gasteiger partial charge >= 0.3 is 0 Å². The molecule has 0 aromatic heterocycles. The van der Waals surface area contributed by atoms with E-state index in [0.29, 0.717) is 0 Å². The molecule has 0 saturated carbocycles. The Hall–Kier alpha value is -1.48. The molecule has 0 bridgehead atoms. The second-order valence-corrected chi connectivity index (χ2v) is 5.44.